The number of fused-ring (bicyclic) bond motifs is 1. The molecule has 0 bridgehead atoms. The number of nitrogen functional groups attached to an aromatic ring is 1. The average Bonchev–Trinajstić information content (AvgIpc) is 3.33. The Hall–Kier alpha value is -1.72. The van der Waals surface area contributed by atoms with Gasteiger partial charge in [-0.05, 0) is 30.9 Å². The minimum Gasteiger partial charge on any atom is -0.383 e. The highest BCUT2D eigenvalue weighted by Gasteiger charge is 2.26. The Kier molecular flexibility index (Phi) is 3.68. The standard InChI is InChI=1S/C17H23N5/c18-17-14-3-1-2-4-15(14)19-16(20-17)12-22-9-7-21(8-10-22)11-13-5-6-13/h1-4,13H,5-12H2,(H2,18,19,20). The van der Waals surface area contributed by atoms with E-state index in [1.165, 1.54) is 32.5 Å². The molecule has 1 aromatic heterocycles. The van der Waals surface area contributed by atoms with Crippen LogP contribution in [0.5, 0.6) is 0 Å². The number of piperazine rings is 1. The molecule has 22 heavy (non-hydrogen) atoms. The lowest BCUT2D eigenvalue weighted by Gasteiger charge is -2.34. The highest BCUT2D eigenvalue weighted by molar-refractivity contribution is 5.87. The van der Waals surface area contributed by atoms with Gasteiger partial charge in [0.05, 0.1) is 12.1 Å². The summed E-state index contributed by atoms with van der Waals surface area (Å²) < 4.78 is 0. The van der Waals surface area contributed by atoms with Gasteiger partial charge in [0.1, 0.15) is 11.6 Å². The average molecular weight is 297 g/mol. The first-order valence-electron chi connectivity index (χ1n) is 8.24. The third-order valence-electron chi connectivity index (χ3n) is 4.72. The summed E-state index contributed by atoms with van der Waals surface area (Å²) in [6.07, 6.45) is 2.87. The van der Waals surface area contributed by atoms with Gasteiger partial charge in [0, 0.05) is 38.1 Å². The number of nitrogens with two attached hydrogens (primary N) is 1. The number of benzene rings is 1. The van der Waals surface area contributed by atoms with Crippen molar-refractivity contribution in [2.24, 2.45) is 5.92 Å². The van der Waals surface area contributed by atoms with E-state index in [-0.39, 0.29) is 0 Å². The van der Waals surface area contributed by atoms with Crippen LogP contribution in [0.15, 0.2) is 24.3 Å². The van der Waals surface area contributed by atoms with E-state index in [2.05, 4.69) is 19.8 Å². The van der Waals surface area contributed by atoms with E-state index in [4.69, 9.17) is 5.73 Å². The number of anilines is 1. The fraction of sp³-hybridized carbons (Fsp3) is 0.529. The number of hydrogen-bond donors (Lipinski definition) is 1. The molecule has 1 aliphatic heterocycles. The maximum absolute atomic E-state index is 6.07. The molecule has 0 spiro atoms. The second-order valence-electron chi connectivity index (χ2n) is 6.56. The Bertz CT molecular complexity index is 659. The molecule has 0 radical (unpaired) electrons. The molecule has 1 saturated heterocycles. The first kappa shape index (κ1) is 13.9. The number of para-hydroxylation sites is 1. The van der Waals surface area contributed by atoms with Gasteiger partial charge in [-0.2, -0.15) is 0 Å². The Labute approximate surface area is 131 Å². The third kappa shape index (κ3) is 3.05. The second-order valence-corrected chi connectivity index (χ2v) is 6.56. The summed E-state index contributed by atoms with van der Waals surface area (Å²) >= 11 is 0. The Balaban J connectivity index is 1.41. The van der Waals surface area contributed by atoms with Crippen LogP contribution in [0.4, 0.5) is 5.82 Å². The molecule has 2 heterocycles. The second kappa shape index (κ2) is 5.82. The predicted molar refractivity (Wildman–Crippen MR) is 88.4 cm³/mol. The summed E-state index contributed by atoms with van der Waals surface area (Å²) in [6, 6.07) is 7.95. The smallest absolute Gasteiger partial charge is 0.145 e. The molecule has 0 unspecified atom stereocenters. The van der Waals surface area contributed by atoms with E-state index in [0.717, 1.165) is 42.3 Å². The van der Waals surface area contributed by atoms with Crippen molar-refractivity contribution in [1.29, 1.82) is 0 Å². The molecule has 0 amide bonds. The van der Waals surface area contributed by atoms with Crippen LogP contribution < -0.4 is 5.73 Å². The molecular weight excluding hydrogens is 274 g/mol. The zero-order valence-corrected chi connectivity index (χ0v) is 12.9. The van der Waals surface area contributed by atoms with Crippen molar-refractivity contribution in [2.45, 2.75) is 19.4 Å². The molecule has 1 saturated carbocycles. The largest absolute Gasteiger partial charge is 0.383 e. The molecule has 0 atom stereocenters. The van der Waals surface area contributed by atoms with Crippen LogP contribution in [0.25, 0.3) is 10.9 Å². The Morgan fingerprint density at radius 2 is 1.73 bits per heavy atom. The molecule has 2 aliphatic rings. The van der Waals surface area contributed by atoms with Gasteiger partial charge in [-0.1, -0.05) is 12.1 Å². The summed E-state index contributed by atoms with van der Waals surface area (Å²) in [6.45, 7) is 6.63. The van der Waals surface area contributed by atoms with Crippen LogP contribution in [0.3, 0.4) is 0 Å². The SMILES string of the molecule is Nc1nc(CN2CCN(CC3CC3)CC2)nc2ccccc12. The van der Waals surface area contributed by atoms with Crippen molar-refractivity contribution in [3.8, 4) is 0 Å². The molecule has 116 valence electrons. The number of hydrogen-bond acceptors (Lipinski definition) is 5. The minimum atomic E-state index is 0.591. The summed E-state index contributed by atoms with van der Waals surface area (Å²) in [5, 5.41) is 0.945. The molecule has 2 N–H and O–H groups in total. The summed E-state index contributed by atoms with van der Waals surface area (Å²) in [5.74, 6) is 2.41. The topological polar surface area (TPSA) is 58.3 Å². The predicted octanol–water partition coefficient (Wildman–Crippen LogP) is 1.74. The lowest BCUT2D eigenvalue weighted by Crippen LogP contribution is -2.46. The molecule has 5 heteroatoms. The lowest BCUT2D eigenvalue weighted by atomic mass is 10.2. The van der Waals surface area contributed by atoms with Crippen molar-refractivity contribution >= 4 is 16.7 Å². The zero-order chi connectivity index (χ0) is 14.9. The van der Waals surface area contributed by atoms with E-state index in [0.29, 0.717) is 5.82 Å². The highest BCUT2D eigenvalue weighted by atomic mass is 15.3. The fourth-order valence-electron chi connectivity index (χ4n) is 3.22. The first-order valence-corrected chi connectivity index (χ1v) is 8.24. The molecule has 5 nitrogen and oxygen atoms in total. The molecule has 2 aromatic rings. The van der Waals surface area contributed by atoms with Gasteiger partial charge in [-0.15, -0.1) is 0 Å². The van der Waals surface area contributed by atoms with Crippen molar-refractivity contribution in [1.82, 2.24) is 19.8 Å². The molecule has 1 aromatic carbocycles. The maximum Gasteiger partial charge on any atom is 0.145 e. The van der Waals surface area contributed by atoms with E-state index >= 15 is 0 Å². The van der Waals surface area contributed by atoms with Crippen molar-refractivity contribution in [3.05, 3.63) is 30.1 Å². The quantitative estimate of drug-likeness (QED) is 0.931. The van der Waals surface area contributed by atoms with Crippen LogP contribution in [0.1, 0.15) is 18.7 Å². The Morgan fingerprint density at radius 1 is 1.00 bits per heavy atom. The van der Waals surface area contributed by atoms with Gasteiger partial charge < -0.3 is 10.6 Å². The monoisotopic (exact) mass is 297 g/mol. The van der Waals surface area contributed by atoms with Crippen molar-refractivity contribution in [2.75, 3.05) is 38.5 Å². The van der Waals surface area contributed by atoms with Crippen molar-refractivity contribution < 1.29 is 0 Å². The van der Waals surface area contributed by atoms with Crippen LogP contribution in [-0.2, 0) is 6.54 Å². The Morgan fingerprint density at radius 3 is 2.50 bits per heavy atom. The van der Waals surface area contributed by atoms with Crippen LogP contribution >= 0.6 is 0 Å². The van der Waals surface area contributed by atoms with Gasteiger partial charge in [-0.3, -0.25) is 4.90 Å². The number of nitrogens with zero attached hydrogens (tertiary/aromatic N) is 4. The van der Waals surface area contributed by atoms with E-state index in [1.54, 1.807) is 0 Å². The van der Waals surface area contributed by atoms with Crippen LogP contribution in [0, 0.1) is 5.92 Å². The maximum atomic E-state index is 6.07. The normalized spacial score (nSPS) is 20.5. The van der Waals surface area contributed by atoms with E-state index in [9.17, 15) is 0 Å². The van der Waals surface area contributed by atoms with Crippen LogP contribution in [0.2, 0.25) is 0 Å². The summed E-state index contributed by atoms with van der Waals surface area (Å²) in [4.78, 5) is 14.2. The van der Waals surface area contributed by atoms with Gasteiger partial charge >= 0.3 is 0 Å². The molecule has 2 fully saturated rings. The summed E-state index contributed by atoms with van der Waals surface area (Å²) in [7, 11) is 0. The third-order valence-corrected chi connectivity index (χ3v) is 4.72. The minimum absolute atomic E-state index is 0.591. The molecule has 4 rings (SSSR count). The molecular formula is C17H23N5. The zero-order valence-electron chi connectivity index (χ0n) is 12.9. The fourth-order valence-corrected chi connectivity index (χ4v) is 3.22. The summed E-state index contributed by atoms with van der Waals surface area (Å²) in [5.41, 5.74) is 7.01. The van der Waals surface area contributed by atoms with E-state index < -0.39 is 0 Å². The number of aromatic nitrogens is 2. The van der Waals surface area contributed by atoms with Gasteiger partial charge in [-0.25, -0.2) is 9.97 Å². The lowest BCUT2D eigenvalue weighted by molar-refractivity contribution is 0.121. The molecule has 1 aliphatic carbocycles. The van der Waals surface area contributed by atoms with Crippen molar-refractivity contribution in [3.63, 3.8) is 0 Å². The van der Waals surface area contributed by atoms with Gasteiger partial charge in [0.2, 0.25) is 0 Å². The van der Waals surface area contributed by atoms with Gasteiger partial charge in [0.25, 0.3) is 0 Å². The van der Waals surface area contributed by atoms with Gasteiger partial charge in [0.15, 0.2) is 0 Å². The number of rotatable bonds is 4. The van der Waals surface area contributed by atoms with Crippen LogP contribution in [-0.4, -0.2) is 52.5 Å². The first-order chi connectivity index (χ1) is 10.8. The highest BCUT2D eigenvalue weighted by Crippen LogP contribution is 2.30. The van der Waals surface area contributed by atoms with E-state index in [1.807, 2.05) is 24.3 Å².